The summed E-state index contributed by atoms with van der Waals surface area (Å²) in [5.74, 6) is -1.42. The topological polar surface area (TPSA) is 104 Å². The van der Waals surface area contributed by atoms with Crippen LogP contribution < -0.4 is 15.4 Å². The third-order valence-corrected chi connectivity index (χ3v) is 5.55. The van der Waals surface area contributed by atoms with E-state index >= 15 is 0 Å². The van der Waals surface area contributed by atoms with Crippen LogP contribution in [0.3, 0.4) is 0 Å². The minimum absolute atomic E-state index is 0.150. The van der Waals surface area contributed by atoms with Crippen LogP contribution in [0.2, 0.25) is 0 Å². The molecule has 1 atom stereocenters. The van der Waals surface area contributed by atoms with Gasteiger partial charge in [-0.05, 0) is 43.2 Å². The van der Waals surface area contributed by atoms with Crippen LogP contribution in [0, 0.1) is 12.8 Å². The Balaban J connectivity index is 1.80. The molecule has 0 spiro atoms. The Labute approximate surface area is 151 Å². The summed E-state index contributed by atoms with van der Waals surface area (Å²) in [4.78, 5) is 24.0. The number of anilines is 2. The van der Waals surface area contributed by atoms with Gasteiger partial charge in [-0.15, -0.1) is 0 Å². The van der Waals surface area contributed by atoms with E-state index < -0.39 is 21.8 Å². The molecule has 1 aliphatic heterocycles. The molecule has 2 amide bonds. The largest absolute Gasteiger partial charge is 0.355 e. The zero-order valence-corrected chi connectivity index (χ0v) is 15.0. The average Bonchev–Trinajstić information content (AvgIpc) is 3.04. The number of benzene rings is 2. The lowest BCUT2D eigenvalue weighted by molar-refractivity contribution is -0.130. The standard InChI is InChI=1S/C18H19N3O4S/c1-12-7-8-13(20-18(23)15-9-10-19-17(15)22)11-16(12)21-26(24,25)14-5-3-2-4-6-14/h2-8,11,15,21H,9-10H2,1H3,(H,19,22)(H,20,23). The fourth-order valence-electron chi connectivity index (χ4n) is 2.69. The van der Waals surface area contributed by atoms with Crippen molar-refractivity contribution in [3.63, 3.8) is 0 Å². The second kappa shape index (κ2) is 7.17. The maximum absolute atomic E-state index is 12.5. The average molecular weight is 373 g/mol. The van der Waals surface area contributed by atoms with Crippen molar-refractivity contribution in [1.29, 1.82) is 0 Å². The Morgan fingerprint density at radius 2 is 1.88 bits per heavy atom. The van der Waals surface area contributed by atoms with Gasteiger partial charge in [-0.3, -0.25) is 14.3 Å². The number of nitrogens with one attached hydrogen (secondary N) is 3. The predicted molar refractivity (Wildman–Crippen MR) is 98.2 cm³/mol. The Morgan fingerprint density at radius 3 is 2.54 bits per heavy atom. The van der Waals surface area contributed by atoms with E-state index in [2.05, 4.69) is 15.4 Å². The Hall–Kier alpha value is -2.87. The van der Waals surface area contributed by atoms with E-state index in [4.69, 9.17) is 0 Å². The summed E-state index contributed by atoms with van der Waals surface area (Å²) >= 11 is 0. The van der Waals surface area contributed by atoms with Crippen LogP contribution in [0.25, 0.3) is 0 Å². The lowest BCUT2D eigenvalue weighted by Gasteiger charge is -2.14. The summed E-state index contributed by atoms with van der Waals surface area (Å²) in [6, 6.07) is 12.9. The van der Waals surface area contributed by atoms with Gasteiger partial charge in [0.25, 0.3) is 10.0 Å². The minimum Gasteiger partial charge on any atom is -0.355 e. The molecule has 8 heteroatoms. The Morgan fingerprint density at radius 1 is 1.15 bits per heavy atom. The minimum atomic E-state index is -3.73. The Bertz CT molecular complexity index is 942. The van der Waals surface area contributed by atoms with Gasteiger partial charge in [0.15, 0.2) is 0 Å². The van der Waals surface area contributed by atoms with E-state index in [9.17, 15) is 18.0 Å². The van der Waals surface area contributed by atoms with Gasteiger partial charge in [0.05, 0.1) is 10.6 Å². The van der Waals surface area contributed by atoms with Crippen molar-refractivity contribution in [1.82, 2.24) is 5.32 Å². The molecule has 3 rings (SSSR count). The molecule has 2 aromatic carbocycles. The van der Waals surface area contributed by atoms with Crippen molar-refractivity contribution in [3.05, 3.63) is 54.1 Å². The zero-order valence-electron chi connectivity index (χ0n) is 14.2. The molecule has 0 saturated carbocycles. The van der Waals surface area contributed by atoms with Crippen LogP contribution >= 0.6 is 0 Å². The predicted octanol–water partition coefficient (Wildman–Crippen LogP) is 1.87. The monoisotopic (exact) mass is 373 g/mol. The van der Waals surface area contributed by atoms with Crippen LogP contribution in [-0.2, 0) is 19.6 Å². The summed E-state index contributed by atoms with van der Waals surface area (Å²) < 4.78 is 27.5. The van der Waals surface area contributed by atoms with Gasteiger partial charge in [0, 0.05) is 12.2 Å². The molecule has 7 nitrogen and oxygen atoms in total. The maximum Gasteiger partial charge on any atom is 0.261 e. The fourth-order valence-corrected chi connectivity index (χ4v) is 3.83. The van der Waals surface area contributed by atoms with Crippen LogP contribution in [0.4, 0.5) is 11.4 Å². The van der Waals surface area contributed by atoms with Gasteiger partial charge in [0.2, 0.25) is 11.8 Å². The summed E-state index contributed by atoms with van der Waals surface area (Å²) in [6.07, 6.45) is 0.448. The van der Waals surface area contributed by atoms with E-state index in [0.717, 1.165) is 0 Å². The quantitative estimate of drug-likeness (QED) is 0.696. The molecule has 1 heterocycles. The van der Waals surface area contributed by atoms with Crippen LogP contribution in [-0.4, -0.2) is 26.8 Å². The smallest absolute Gasteiger partial charge is 0.261 e. The van der Waals surface area contributed by atoms with Gasteiger partial charge >= 0.3 is 0 Å². The third-order valence-electron chi connectivity index (χ3n) is 4.17. The number of amides is 2. The summed E-state index contributed by atoms with van der Waals surface area (Å²) in [6.45, 7) is 2.24. The highest BCUT2D eigenvalue weighted by molar-refractivity contribution is 7.92. The van der Waals surface area contributed by atoms with Crippen molar-refractivity contribution in [2.24, 2.45) is 5.92 Å². The highest BCUT2D eigenvalue weighted by atomic mass is 32.2. The van der Waals surface area contributed by atoms with E-state index in [-0.39, 0.29) is 10.8 Å². The van der Waals surface area contributed by atoms with Crippen molar-refractivity contribution < 1.29 is 18.0 Å². The van der Waals surface area contributed by atoms with Gasteiger partial charge in [-0.1, -0.05) is 24.3 Å². The van der Waals surface area contributed by atoms with Gasteiger partial charge in [0.1, 0.15) is 5.92 Å². The summed E-state index contributed by atoms with van der Waals surface area (Å²) in [5, 5.41) is 5.29. The molecule has 0 radical (unpaired) electrons. The van der Waals surface area contributed by atoms with E-state index in [1.165, 1.54) is 12.1 Å². The highest BCUT2D eigenvalue weighted by Gasteiger charge is 2.31. The van der Waals surface area contributed by atoms with E-state index in [0.29, 0.717) is 29.9 Å². The molecule has 1 saturated heterocycles. The second-order valence-corrected chi connectivity index (χ2v) is 7.75. The molecule has 3 N–H and O–H groups in total. The van der Waals surface area contributed by atoms with E-state index in [1.807, 2.05) is 0 Å². The molecule has 2 aromatic rings. The van der Waals surface area contributed by atoms with Crippen molar-refractivity contribution in [2.45, 2.75) is 18.2 Å². The van der Waals surface area contributed by atoms with Crippen molar-refractivity contribution in [2.75, 3.05) is 16.6 Å². The summed E-state index contributed by atoms with van der Waals surface area (Å²) in [5.41, 5.74) is 1.50. The van der Waals surface area contributed by atoms with Crippen molar-refractivity contribution >= 4 is 33.2 Å². The van der Waals surface area contributed by atoms with Crippen LogP contribution in [0.15, 0.2) is 53.4 Å². The molecular weight excluding hydrogens is 354 g/mol. The first-order valence-electron chi connectivity index (χ1n) is 8.14. The normalized spacial score (nSPS) is 16.8. The van der Waals surface area contributed by atoms with Crippen LogP contribution in [0.1, 0.15) is 12.0 Å². The number of hydrogen-bond donors (Lipinski definition) is 3. The number of aryl methyl sites for hydroxylation is 1. The SMILES string of the molecule is Cc1ccc(NC(=O)C2CCNC2=O)cc1NS(=O)(=O)c1ccccc1. The number of hydrogen-bond acceptors (Lipinski definition) is 4. The fraction of sp³-hybridized carbons (Fsp3) is 0.222. The molecule has 0 aromatic heterocycles. The lowest BCUT2D eigenvalue weighted by Crippen LogP contribution is -2.29. The first kappa shape index (κ1) is 17.9. The molecule has 26 heavy (non-hydrogen) atoms. The van der Waals surface area contributed by atoms with Gasteiger partial charge in [-0.25, -0.2) is 8.42 Å². The first-order valence-corrected chi connectivity index (χ1v) is 9.62. The van der Waals surface area contributed by atoms with Crippen molar-refractivity contribution in [3.8, 4) is 0 Å². The molecule has 0 aliphatic carbocycles. The number of sulfonamides is 1. The Kier molecular flexibility index (Phi) is 4.94. The summed E-state index contributed by atoms with van der Waals surface area (Å²) in [7, 11) is -3.73. The molecular formula is C18H19N3O4S. The molecule has 0 bridgehead atoms. The van der Waals surface area contributed by atoms with Crippen LogP contribution in [0.5, 0.6) is 0 Å². The third kappa shape index (κ3) is 3.85. The molecule has 1 fully saturated rings. The number of carbonyl (C=O) groups excluding carboxylic acids is 2. The molecule has 136 valence electrons. The number of rotatable bonds is 5. The maximum atomic E-state index is 12.5. The first-order chi connectivity index (χ1) is 12.4. The second-order valence-electron chi connectivity index (χ2n) is 6.07. The molecule has 1 aliphatic rings. The van der Waals surface area contributed by atoms with E-state index in [1.54, 1.807) is 43.3 Å². The lowest BCUT2D eigenvalue weighted by atomic mass is 10.1. The van der Waals surface area contributed by atoms with Gasteiger partial charge in [-0.2, -0.15) is 0 Å². The number of carbonyl (C=O) groups is 2. The highest BCUT2D eigenvalue weighted by Crippen LogP contribution is 2.24. The zero-order chi connectivity index (χ0) is 18.7. The molecule has 1 unspecified atom stereocenters. The van der Waals surface area contributed by atoms with Gasteiger partial charge < -0.3 is 10.6 Å².